The number of amides is 1. The molecule has 0 radical (unpaired) electrons. The second-order valence-corrected chi connectivity index (χ2v) is 5.11. The number of carbonyl (C=O) groups excluding carboxylic acids is 1. The number of aryl methyl sites for hydroxylation is 1. The lowest BCUT2D eigenvalue weighted by Crippen LogP contribution is -2.42. The molecule has 0 fully saturated rings. The van der Waals surface area contributed by atoms with Crippen molar-refractivity contribution in [3.8, 4) is 0 Å². The van der Waals surface area contributed by atoms with Gasteiger partial charge in [0.1, 0.15) is 0 Å². The highest BCUT2D eigenvalue weighted by atomic mass is 32.2. The summed E-state index contributed by atoms with van der Waals surface area (Å²) in [5.74, 6) is 0.886. The number of likely N-dealkylation sites (N-methyl/N-ethyl adjacent to an activating group) is 1. The van der Waals surface area contributed by atoms with E-state index < -0.39 is 6.04 Å². The molecular weight excluding hydrogens is 232 g/mol. The number of hydrogen-bond acceptors (Lipinski definition) is 3. The molecule has 0 saturated heterocycles. The molecule has 0 aliphatic carbocycles. The van der Waals surface area contributed by atoms with Crippen LogP contribution in [0.15, 0.2) is 24.3 Å². The summed E-state index contributed by atoms with van der Waals surface area (Å²) in [6.45, 7) is 2.02. The summed E-state index contributed by atoms with van der Waals surface area (Å²) < 4.78 is 0. The fourth-order valence-corrected chi connectivity index (χ4v) is 2.00. The zero-order chi connectivity index (χ0) is 12.8. The SMILES string of the molecule is CSCC[C@@H](N)C(=O)N(C)c1ccc(C)cc1. The smallest absolute Gasteiger partial charge is 0.243 e. The van der Waals surface area contributed by atoms with Crippen molar-refractivity contribution in [3.05, 3.63) is 29.8 Å². The van der Waals surface area contributed by atoms with Gasteiger partial charge < -0.3 is 10.6 Å². The Morgan fingerprint density at radius 2 is 2.00 bits per heavy atom. The van der Waals surface area contributed by atoms with Crippen LogP contribution in [-0.4, -0.2) is 31.0 Å². The van der Waals surface area contributed by atoms with Gasteiger partial charge in [-0.3, -0.25) is 4.79 Å². The van der Waals surface area contributed by atoms with E-state index in [0.29, 0.717) is 0 Å². The summed E-state index contributed by atoms with van der Waals surface area (Å²) >= 11 is 1.71. The van der Waals surface area contributed by atoms with Crippen molar-refractivity contribution in [2.24, 2.45) is 5.73 Å². The topological polar surface area (TPSA) is 46.3 Å². The molecule has 1 amide bonds. The van der Waals surface area contributed by atoms with E-state index in [1.165, 1.54) is 5.56 Å². The van der Waals surface area contributed by atoms with E-state index in [4.69, 9.17) is 5.73 Å². The van der Waals surface area contributed by atoms with Crippen molar-refractivity contribution in [1.82, 2.24) is 0 Å². The molecule has 0 saturated carbocycles. The number of anilines is 1. The number of benzene rings is 1. The minimum absolute atomic E-state index is 0.0251. The molecule has 2 N–H and O–H groups in total. The van der Waals surface area contributed by atoms with E-state index in [0.717, 1.165) is 17.9 Å². The lowest BCUT2D eigenvalue weighted by molar-refractivity contribution is -0.119. The average Bonchev–Trinajstić information content (AvgIpc) is 2.35. The molecule has 1 rings (SSSR count). The van der Waals surface area contributed by atoms with Gasteiger partial charge in [-0.1, -0.05) is 17.7 Å². The quantitative estimate of drug-likeness (QED) is 0.872. The summed E-state index contributed by atoms with van der Waals surface area (Å²) in [6.07, 6.45) is 2.73. The van der Waals surface area contributed by atoms with Crippen LogP contribution >= 0.6 is 11.8 Å². The molecule has 0 aliphatic rings. The van der Waals surface area contributed by atoms with E-state index in [1.807, 2.05) is 37.4 Å². The first kappa shape index (κ1) is 14.1. The number of nitrogens with two attached hydrogens (primary N) is 1. The van der Waals surface area contributed by atoms with Crippen LogP contribution in [0.1, 0.15) is 12.0 Å². The maximum atomic E-state index is 12.0. The third-order valence-electron chi connectivity index (χ3n) is 2.70. The predicted octanol–water partition coefficient (Wildman–Crippen LogP) is 2.04. The molecule has 94 valence electrons. The van der Waals surface area contributed by atoms with Crippen LogP contribution < -0.4 is 10.6 Å². The van der Waals surface area contributed by atoms with Crippen LogP contribution in [0.25, 0.3) is 0 Å². The summed E-state index contributed by atoms with van der Waals surface area (Å²) in [5.41, 5.74) is 7.94. The molecular formula is C13H20N2OS. The van der Waals surface area contributed by atoms with Crippen LogP contribution in [0, 0.1) is 6.92 Å². The number of carbonyl (C=O) groups is 1. The molecule has 0 unspecified atom stereocenters. The zero-order valence-corrected chi connectivity index (χ0v) is 11.5. The number of thioether (sulfide) groups is 1. The molecule has 0 bridgehead atoms. The normalized spacial score (nSPS) is 12.2. The molecule has 3 nitrogen and oxygen atoms in total. The van der Waals surface area contributed by atoms with Crippen molar-refractivity contribution >= 4 is 23.4 Å². The van der Waals surface area contributed by atoms with Gasteiger partial charge in [0.15, 0.2) is 0 Å². The maximum Gasteiger partial charge on any atom is 0.243 e. The summed E-state index contributed by atoms with van der Waals surface area (Å²) in [4.78, 5) is 13.7. The Hall–Kier alpha value is -1.00. The molecule has 0 spiro atoms. The summed E-state index contributed by atoms with van der Waals surface area (Å²) in [7, 11) is 1.77. The van der Waals surface area contributed by atoms with E-state index in [-0.39, 0.29) is 5.91 Å². The Morgan fingerprint density at radius 1 is 1.41 bits per heavy atom. The van der Waals surface area contributed by atoms with Gasteiger partial charge in [-0.05, 0) is 37.5 Å². The Morgan fingerprint density at radius 3 is 2.53 bits per heavy atom. The standard InChI is InChI=1S/C13H20N2OS/c1-10-4-6-11(7-5-10)15(2)13(16)12(14)8-9-17-3/h4-7,12H,8-9,14H2,1-3H3/t12-/m1/s1. The van der Waals surface area contributed by atoms with E-state index in [1.54, 1.807) is 23.7 Å². The fourth-order valence-electron chi connectivity index (χ4n) is 1.51. The second kappa shape index (κ2) is 6.67. The largest absolute Gasteiger partial charge is 0.320 e. The molecule has 4 heteroatoms. The maximum absolute atomic E-state index is 12.0. The van der Waals surface area contributed by atoms with Crippen molar-refractivity contribution in [2.45, 2.75) is 19.4 Å². The second-order valence-electron chi connectivity index (χ2n) is 4.12. The lowest BCUT2D eigenvalue weighted by atomic mass is 10.2. The minimum Gasteiger partial charge on any atom is -0.320 e. The molecule has 17 heavy (non-hydrogen) atoms. The number of nitrogens with zero attached hydrogens (tertiary/aromatic N) is 1. The predicted molar refractivity (Wildman–Crippen MR) is 75.6 cm³/mol. The van der Waals surface area contributed by atoms with Gasteiger partial charge >= 0.3 is 0 Å². The van der Waals surface area contributed by atoms with Crippen LogP contribution in [0.2, 0.25) is 0 Å². The monoisotopic (exact) mass is 252 g/mol. The van der Waals surface area contributed by atoms with Crippen LogP contribution in [0.4, 0.5) is 5.69 Å². The van der Waals surface area contributed by atoms with Gasteiger partial charge in [0, 0.05) is 12.7 Å². The van der Waals surface area contributed by atoms with Crippen molar-refractivity contribution in [1.29, 1.82) is 0 Å². The first-order valence-electron chi connectivity index (χ1n) is 5.65. The Kier molecular flexibility index (Phi) is 5.51. The van der Waals surface area contributed by atoms with E-state index >= 15 is 0 Å². The van der Waals surface area contributed by atoms with Gasteiger partial charge in [-0.15, -0.1) is 0 Å². The molecule has 0 aromatic heterocycles. The molecule has 1 aromatic carbocycles. The zero-order valence-electron chi connectivity index (χ0n) is 10.6. The van der Waals surface area contributed by atoms with Crippen molar-refractivity contribution < 1.29 is 4.79 Å². The highest BCUT2D eigenvalue weighted by Crippen LogP contribution is 2.14. The highest BCUT2D eigenvalue weighted by molar-refractivity contribution is 7.98. The number of hydrogen-bond donors (Lipinski definition) is 1. The summed E-state index contributed by atoms with van der Waals surface area (Å²) in [5, 5.41) is 0. The minimum atomic E-state index is -0.409. The van der Waals surface area contributed by atoms with Gasteiger partial charge in [0.05, 0.1) is 6.04 Å². The fraction of sp³-hybridized carbons (Fsp3) is 0.462. The van der Waals surface area contributed by atoms with E-state index in [9.17, 15) is 4.79 Å². The third kappa shape index (κ3) is 4.06. The Labute approximate surface area is 107 Å². The highest BCUT2D eigenvalue weighted by Gasteiger charge is 2.18. The first-order valence-corrected chi connectivity index (χ1v) is 7.04. The van der Waals surface area contributed by atoms with Crippen molar-refractivity contribution in [3.63, 3.8) is 0 Å². The van der Waals surface area contributed by atoms with Gasteiger partial charge in [0.25, 0.3) is 0 Å². The molecule has 1 aromatic rings. The van der Waals surface area contributed by atoms with E-state index in [2.05, 4.69) is 0 Å². The molecule has 0 heterocycles. The average molecular weight is 252 g/mol. The molecule has 1 atom stereocenters. The van der Waals surface area contributed by atoms with Gasteiger partial charge in [0.2, 0.25) is 5.91 Å². The van der Waals surface area contributed by atoms with Gasteiger partial charge in [-0.25, -0.2) is 0 Å². The van der Waals surface area contributed by atoms with Crippen LogP contribution in [0.3, 0.4) is 0 Å². The van der Waals surface area contributed by atoms with Gasteiger partial charge in [-0.2, -0.15) is 11.8 Å². The Bertz CT molecular complexity index is 364. The Balaban J connectivity index is 2.65. The number of rotatable bonds is 5. The first-order chi connectivity index (χ1) is 8.06. The molecule has 0 aliphatic heterocycles. The van der Waals surface area contributed by atoms with Crippen LogP contribution in [-0.2, 0) is 4.79 Å². The van der Waals surface area contributed by atoms with Crippen LogP contribution in [0.5, 0.6) is 0 Å². The van der Waals surface area contributed by atoms with Crippen molar-refractivity contribution in [2.75, 3.05) is 24.0 Å². The lowest BCUT2D eigenvalue weighted by Gasteiger charge is -2.21. The summed E-state index contributed by atoms with van der Waals surface area (Å²) in [6, 6.07) is 7.45. The third-order valence-corrected chi connectivity index (χ3v) is 3.35.